The summed E-state index contributed by atoms with van der Waals surface area (Å²) in [4.78, 5) is 14.3. The Balaban J connectivity index is 1.62. The lowest BCUT2D eigenvalue weighted by Gasteiger charge is -2.21. The highest BCUT2D eigenvalue weighted by molar-refractivity contribution is 7.22. The molecule has 0 aliphatic carbocycles. The molecule has 5 rings (SSSR count). The Morgan fingerprint density at radius 2 is 2.11 bits per heavy atom. The Labute approximate surface area is 166 Å². The summed E-state index contributed by atoms with van der Waals surface area (Å²) in [5, 5.41) is 2.21. The molecule has 0 bridgehead atoms. The number of thiazole rings is 1. The average Bonchev–Trinajstić information content (AvgIpc) is 3.36. The number of nitrogens with zero attached hydrogens (tertiary/aromatic N) is 3. The number of nitrogens with two attached hydrogens (primary N) is 1. The molecule has 2 N–H and O–H groups in total. The van der Waals surface area contributed by atoms with E-state index in [0.717, 1.165) is 44.4 Å². The minimum Gasteiger partial charge on any atom is -0.399 e. The Morgan fingerprint density at radius 1 is 1.22 bits per heavy atom. The molecule has 0 saturated heterocycles. The maximum absolute atomic E-state index is 5.92. The molecule has 4 aromatic rings. The molecule has 1 unspecified atom stereocenters. The molecule has 1 atom stereocenters. The van der Waals surface area contributed by atoms with Crippen molar-refractivity contribution >= 4 is 54.4 Å². The number of aromatic nitrogens is 2. The number of pyridine rings is 1. The van der Waals surface area contributed by atoms with Gasteiger partial charge in [0, 0.05) is 40.3 Å². The van der Waals surface area contributed by atoms with Crippen molar-refractivity contribution in [3.63, 3.8) is 0 Å². The molecule has 0 amide bonds. The van der Waals surface area contributed by atoms with E-state index >= 15 is 0 Å². The predicted octanol–water partition coefficient (Wildman–Crippen LogP) is 5.26. The summed E-state index contributed by atoms with van der Waals surface area (Å²) >= 11 is 3.49. The summed E-state index contributed by atoms with van der Waals surface area (Å²) in [5.41, 5.74) is 10.2. The molecule has 0 spiro atoms. The van der Waals surface area contributed by atoms with Crippen LogP contribution in [0.4, 0.5) is 5.69 Å². The van der Waals surface area contributed by atoms with Crippen LogP contribution in [0, 0.1) is 0 Å². The zero-order valence-corrected chi connectivity index (χ0v) is 16.9. The first-order valence-electron chi connectivity index (χ1n) is 9.13. The largest absolute Gasteiger partial charge is 0.399 e. The van der Waals surface area contributed by atoms with Crippen molar-refractivity contribution in [3.05, 3.63) is 47.5 Å². The fourth-order valence-electron chi connectivity index (χ4n) is 3.78. The van der Waals surface area contributed by atoms with E-state index in [1.807, 2.05) is 24.4 Å². The van der Waals surface area contributed by atoms with Crippen molar-refractivity contribution in [2.75, 3.05) is 18.8 Å². The van der Waals surface area contributed by atoms with Crippen molar-refractivity contribution in [3.8, 4) is 10.6 Å². The fourth-order valence-corrected chi connectivity index (χ4v) is 5.91. The quantitative estimate of drug-likeness (QED) is 0.483. The van der Waals surface area contributed by atoms with E-state index in [4.69, 9.17) is 10.7 Å². The van der Waals surface area contributed by atoms with Gasteiger partial charge in [-0.25, -0.2) is 9.97 Å². The van der Waals surface area contributed by atoms with Crippen LogP contribution in [0.2, 0.25) is 0 Å². The molecule has 1 aromatic carbocycles. The maximum Gasteiger partial charge on any atom is 0.125 e. The van der Waals surface area contributed by atoms with Gasteiger partial charge in [-0.1, -0.05) is 13.0 Å². The summed E-state index contributed by atoms with van der Waals surface area (Å²) in [5.74, 6) is 0. The zero-order chi connectivity index (χ0) is 18.5. The number of rotatable bonds is 3. The lowest BCUT2D eigenvalue weighted by Crippen LogP contribution is -2.28. The van der Waals surface area contributed by atoms with E-state index in [2.05, 4.69) is 41.9 Å². The van der Waals surface area contributed by atoms with E-state index < -0.39 is 0 Å². The minimum atomic E-state index is 0.455. The number of anilines is 1. The number of hydrogen-bond acceptors (Lipinski definition) is 6. The van der Waals surface area contributed by atoms with Gasteiger partial charge < -0.3 is 5.73 Å². The Morgan fingerprint density at radius 3 is 2.93 bits per heavy atom. The Bertz CT molecular complexity index is 1190. The molecule has 3 aromatic heterocycles. The molecule has 136 valence electrons. The standard InChI is InChI=1S/C21H20N4S2/c1-3-25-9-7-14(12(25)2)19-11-16-15(6-8-23-20(16)27-19)21-24-17-10-13(22)4-5-18(17)26-21/h4-8,10-12H,3,9,22H2,1-2H3. The average molecular weight is 393 g/mol. The number of hydrogen-bond donors (Lipinski definition) is 1. The summed E-state index contributed by atoms with van der Waals surface area (Å²) < 4.78 is 1.16. The predicted molar refractivity (Wildman–Crippen MR) is 117 cm³/mol. The second kappa shape index (κ2) is 6.41. The highest BCUT2D eigenvalue weighted by Gasteiger charge is 2.25. The van der Waals surface area contributed by atoms with Gasteiger partial charge in [-0.05, 0) is 49.4 Å². The van der Waals surface area contributed by atoms with Gasteiger partial charge in [-0.15, -0.1) is 22.7 Å². The molecular formula is C21H20N4S2. The minimum absolute atomic E-state index is 0.455. The van der Waals surface area contributed by atoms with Crippen molar-refractivity contribution in [2.45, 2.75) is 19.9 Å². The highest BCUT2D eigenvalue weighted by Crippen LogP contribution is 2.40. The van der Waals surface area contributed by atoms with Crippen LogP contribution in [0.3, 0.4) is 0 Å². The number of fused-ring (bicyclic) bond motifs is 2. The van der Waals surface area contributed by atoms with Crippen LogP contribution in [-0.4, -0.2) is 34.0 Å². The third-order valence-corrected chi connectivity index (χ3v) is 7.47. The number of benzene rings is 1. The first-order valence-corrected chi connectivity index (χ1v) is 10.8. The van der Waals surface area contributed by atoms with E-state index in [0.29, 0.717) is 6.04 Å². The maximum atomic E-state index is 5.92. The molecule has 1 aliphatic heterocycles. The van der Waals surface area contributed by atoms with E-state index in [1.54, 1.807) is 22.7 Å². The van der Waals surface area contributed by atoms with Crippen LogP contribution in [0.15, 0.2) is 42.6 Å². The van der Waals surface area contributed by atoms with Gasteiger partial charge in [0.05, 0.1) is 10.2 Å². The van der Waals surface area contributed by atoms with Gasteiger partial charge in [-0.2, -0.15) is 0 Å². The third-order valence-electron chi connectivity index (χ3n) is 5.31. The van der Waals surface area contributed by atoms with Crippen LogP contribution in [0.1, 0.15) is 18.7 Å². The van der Waals surface area contributed by atoms with Crippen molar-refractivity contribution in [1.29, 1.82) is 0 Å². The smallest absolute Gasteiger partial charge is 0.125 e. The number of likely N-dealkylation sites (N-methyl/N-ethyl adjacent to an activating group) is 1. The van der Waals surface area contributed by atoms with Crippen molar-refractivity contribution < 1.29 is 0 Å². The molecule has 27 heavy (non-hydrogen) atoms. The first-order chi connectivity index (χ1) is 13.1. The monoisotopic (exact) mass is 392 g/mol. The summed E-state index contributed by atoms with van der Waals surface area (Å²) in [7, 11) is 0. The zero-order valence-electron chi connectivity index (χ0n) is 15.3. The van der Waals surface area contributed by atoms with Crippen molar-refractivity contribution in [2.24, 2.45) is 0 Å². The van der Waals surface area contributed by atoms with Gasteiger partial charge in [0.1, 0.15) is 9.84 Å². The van der Waals surface area contributed by atoms with Gasteiger partial charge in [0.15, 0.2) is 0 Å². The summed E-state index contributed by atoms with van der Waals surface area (Å²) in [6, 6.07) is 10.7. The normalized spacial score (nSPS) is 17.9. The van der Waals surface area contributed by atoms with Crippen LogP contribution in [-0.2, 0) is 0 Å². The molecule has 4 nitrogen and oxygen atoms in total. The first kappa shape index (κ1) is 16.9. The summed E-state index contributed by atoms with van der Waals surface area (Å²) in [6.45, 7) is 6.61. The third kappa shape index (κ3) is 2.76. The van der Waals surface area contributed by atoms with E-state index in [1.165, 1.54) is 15.8 Å². The topological polar surface area (TPSA) is 55.0 Å². The molecule has 0 radical (unpaired) electrons. The second-order valence-corrected chi connectivity index (χ2v) is 8.92. The highest BCUT2D eigenvalue weighted by atomic mass is 32.1. The van der Waals surface area contributed by atoms with Crippen LogP contribution in [0.25, 0.3) is 36.6 Å². The SMILES string of the molecule is CCN1CC=C(c2cc3c(-c4nc5cc(N)ccc5s4)ccnc3s2)C1C. The van der Waals surface area contributed by atoms with Gasteiger partial charge in [0.2, 0.25) is 0 Å². The summed E-state index contributed by atoms with van der Waals surface area (Å²) in [6.07, 6.45) is 4.25. The molecule has 0 saturated carbocycles. The number of thiophene rings is 1. The van der Waals surface area contributed by atoms with Crippen LogP contribution >= 0.6 is 22.7 Å². The van der Waals surface area contributed by atoms with Crippen LogP contribution < -0.4 is 5.73 Å². The lowest BCUT2D eigenvalue weighted by atomic mass is 10.1. The van der Waals surface area contributed by atoms with Crippen LogP contribution in [0.5, 0.6) is 0 Å². The Kier molecular flexibility index (Phi) is 4.00. The molecular weight excluding hydrogens is 372 g/mol. The molecule has 6 heteroatoms. The fraction of sp³-hybridized carbons (Fsp3) is 0.238. The second-order valence-electron chi connectivity index (χ2n) is 6.86. The van der Waals surface area contributed by atoms with Gasteiger partial charge in [-0.3, -0.25) is 4.90 Å². The Hall–Kier alpha value is -2.28. The van der Waals surface area contributed by atoms with E-state index in [9.17, 15) is 0 Å². The van der Waals surface area contributed by atoms with Crippen molar-refractivity contribution in [1.82, 2.24) is 14.9 Å². The van der Waals surface area contributed by atoms with Gasteiger partial charge in [0.25, 0.3) is 0 Å². The molecule has 4 heterocycles. The molecule has 0 fully saturated rings. The number of nitrogen functional groups attached to an aromatic ring is 1. The lowest BCUT2D eigenvalue weighted by molar-refractivity contribution is 0.307. The van der Waals surface area contributed by atoms with Gasteiger partial charge >= 0.3 is 0 Å². The van der Waals surface area contributed by atoms with E-state index in [-0.39, 0.29) is 0 Å². The molecule has 1 aliphatic rings.